The fourth-order valence-electron chi connectivity index (χ4n) is 1.86. The van der Waals surface area contributed by atoms with Crippen LogP contribution in [0.2, 0.25) is 0 Å². The van der Waals surface area contributed by atoms with Crippen molar-refractivity contribution < 1.29 is 9.18 Å². The van der Waals surface area contributed by atoms with Crippen LogP contribution < -0.4 is 5.43 Å². The number of nitrogens with zero attached hydrogens (tertiary/aromatic N) is 2. The highest BCUT2D eigenvalue weighted by atomic mass is 32.2. The summed E-state index contributed by atoms with van der Waals surface area (Å²) in [6.45, 7) is 0. The highest BCUT2D eigenvalue weighted by molar-refractivity contribution is 8.39. The maximum Gasteiger partial charge on any atom is 0.173 e. The first-order chi connectivity index (χ1) is 10.7. The Balaban J connectivity index is 1.54. The zero-order chi connectivity index (χ0) is 15.4. The number of nitrogens with one attached hydrogen (secondary N) is 1. The standard InChI is InChI=1S/C15H12FN3OS2/c16-11-5-3-4-10(8-11)13(20)9-21-15-19-18-14(22-15)12-6-1-2-7-17-12/h1-8,14,18H,9H2/t14-/m1/s1. The molecule has 3 rings (SSSR count). The molecule has 0 amide bonds. The molecule has 0 bridgehead atoms. The minimum absolute atomic E-state index is 0.0343. The van der Waals surface area contributed by atoms with Gasteiger partial charge in [-0.1, -0.05) is 41.7 Å². The number of Topliss-reactive ketones (excluding diaryl/α,β-unsaturated/α-hetero) is 1. The van der Waals surface area contributed by atoms with Gasteiger partial charge in [0.25, 0.3) is 0 Å². The van der Waals surface area contributed by atoms with Crippen LogP contribution >= 0.6 is 23.5 Å². The molecule has 0 aliphatic carbocycles. The molecule has 112 valence electrons. The molecule has 1 N–H and O–H groups in total. The summed E-state index contributed by atoms with van der Waals surface area (Å²) in [4.78, 5) is 16.3. The van der Waals surface area contributed by atoms with Crippen molar-refractivity contribution in [2.75, 3.05) is 5.75 Å². The van der Waals surface area contributed by atoms with Gasteiger partial charge in [0.1, 0.15) is 11.2 Å². The molecule has 2 aromatic rings. The molecular weight excluding hydrogens is 321 g/mol. The molecule has 4 nitrogen and oxygen atoms in total. The molecule has 1 aromatic carbocycles. The minimum atomic E-state index is -0.402. The lowest BCUT2D eigenvalue weighted by atomic mass is 10.1. The number of halogens is 1. The number of carbonyl (C=O) groups excluding carboxylic acids is 1. The highest BCUT2D eigenvalue weighted by Gasteiger charge is 2.23. The molecule has 0 saturated heterocycles. The van der Waals surface area contributed by atoms with Crippen LogP contribution in [0, 0.1) is 5.82 Å². The Morgan fingerprint density at radius 2 is 2.23 bits per heavy atom. The van der Waals surface area contributed by atoms with Crippen LogP contribution in [0.3, 0.4) is 0 Å². The summed E-state index contributed by atoms with van der Waals surface area (Å²) < 4.78 is 13.9. The van der Waals surface area contributed by atoms with Crippen LogP contribution in [0.4, 0.5) is 4.39 Å². The lowest BCUT2D eigenvalue weighted by Gasteiger charge is -2.07. The van der Waals surface area contributed by atoms with Gasteiger partial charge in [-0.2, -0.15) is 5.10 Å². The molecule has 1 atom stereocenters. The molecule has 0 spiro atoms. The van der Waals surface area contributed by atoms with Gasteiger partial charge in [-0.15, -0.1) is 0 Å². The second kappa shape index (κ2) is 6.93. The number of hydrogen-bond donors (Lipinski definition) is 1. The summed E-state index contributed by atoms with van der Waals surface area (Å²) in [6, 6.07) is 11.4. The zero-order valence-electron chi connectivity index (χ0n) is 11.4. The molecule has 1 aliphatic heterocycles. The van der Waals surface area contributed by atoms with E-state index in [4.69, 9.17) is 0 Å². The van der Waals surface area contributed by atoms with Gasteiger partial charge in [-0.05, 0) is 24.3 Å². The van der Waals surface area contributed by atoms with Gasteiger partial charge >= 0.3 is 0 Å². The third kappa shape index (κ3) is 3.66. The number of rotatable bonds is 4. The first-order valence-electron chi connectivity index (χ1n) is 6.55. The molecule has 1 aromatic heterocycles. The van der Waals surface area contributed by atoms with Gasteiger partial charge in [0.05, 0.1) is 11.4 Å². The number of hydrazone groups is 1. The van der Waals surface area contributed by atoms with Gasteiger partial charge in [0.2, 0.25) is 0 Å². The summed E-state index contributed by atoms with van der Waals surface area (Å²) >= 11 is 2.86. The lowest BCUT2D eigenvalue weighted by Crippen LogP contribution is -2.07. The lowest BCUT2D eigenvalue weighted by molar-refractivity contribution is 0.102. The van der Waals surface area contributed by atoms with E-state index < -0.39 is 5.82 Å². The van der Waals surface area contributed by atoms with E-state index in [0.717, 1.165) is 10.1 Å². The third-order valence-corrected chi connectivity index (χ3v) is 5.18. The molecule has 0 unspecified atom stereocenters. The fourth-order valence-corrected chi connectivity index (χ4v) is 3.81. The van der Waals surface area contributed by atoms with E-state index in [-0.39, 0.29) is 16.9 Å². The number of benzene rings is 1. The van der Waals surface area contributed by atoms with Crippen molar-refractivity contribution in [1.82, 2.24) is 10.4 Å². The average Bonchev–Trinajstić information content (AvgIpc) is 3.02. The largest absolute Gasteiger partial charge is 0.293 e. The van der Waals surface area contributed by atoms with Crippen LogP contribution in [0.15, 0.2) is 53.8 Å². The van der Waals surface area contributed by atoms with Crippen LogP contribution in [0.1, 0.15) is 21.4 Å². The van der Waals surface area contributed by atoms with E-state index in [1.165, 1.54) is 41.7 Å². The quantitative estimate of drug-likeness (QED) is 0.869. The second-order valence-electron chi connectivity index (χ2n) is 4.48. The predicted molar refractivity (Wildman–Crippen MR) is 88.3 cm³/mol. The van der Waals surface area contributed by atoms with Crippen LogP contribution in [0.25, 0.3) is 0 Å². The first kappa shape index (κ1) is 15.1. The Morgan fingerprint density at radius 1 is 1.32 bits per heavy atom. The van der Waals surface area contributed by atoms with E-state index in [1.807, 2.05) is 18.2 Å². The normalized spacial score (nSPS) is 17.0. The summed E-state index contributed by atoms with van der Waals surface area (Å²) in [5.74, 6) is -0.291. The van der Waals surface area contributed by atoms with Gasteiger partial charge in [0, 0.05) is 11.8 Å². The highest BCUT2D eigenvalue weighted by Crippen LogP contribution is 2.34. The number of hydrogen-bond acceptors (Lipinski definition) is 6. The monoisotopic (exact) mass is 333 g/mol. The number of thioether (sulfide) groups is 2. The maximum atomic E-state index is 13.1. The Labute approximate surface area is 135 Å². The van der Waals surface area contributed by atoms with Crippen LogP contribution in [0.5, 0.6) is 0 Å². The first-order valence-corrected chi connectivity index (χ1v) is 8.41. The van der Waals surface area contributed by atoms with Crippen LogP contribution in [-0.4, -0.2) is 20.9 Å². The van der Waals surface area contributed by atoms with E-state index in [9.17, 15) is 9.18 Å². The van der Waals surface area contributed by atoms with Crippen molar-refractivity contribution in [3.8, 4) is 0 Å². The van der Waals surface area contributed by atoms with E-state index >= 15 is 0 Å². The third-order valence-electron chi connectivity index (χ3n) is 2.92. The van der Waals surface area contributed by atoms with Gasteiger partial charge in [-0.25, -0.2) is 4.39 Å². The van der Waals surface area contributed by atoms with Crippen molar-refractivity contribution >= 4 is 33.7 Å². The maximum absolute atomic E-state index is 13.1. The zero-order valence-corrected chi connectivity index (χ0v) is 13.0. The van der Waals surface area contributed by atoms with E-state index in [0.29, 0.717) is 5.56 Å². The predicted octanol–water partition coefficient (Wildman–Crippen LogP) is 3.44. The van der Waals surface area contributed by atoms with E-state index in [1.54, 1.807) is 12.3 Å². The van der Waals surface area contributed by atoms with Crippen molar-refractivity contribution in [2.24, 2.45) is 5.10 Å². The van der Waals surface area contributed by atoms with Crippen molar-refractivity contribution in [3.05, 3.63) is 65.7 Å². The number of ketones is 1. The smallest absolute Gasteiger partial charge is 0.173 e. The molecule has 22 heavy (non-hydrogen) atoms. The molecule has 1 aliphatic rings. The molecule has 7 heteroatoms. The fraction of sp³-hybridized carbons (Fsp3) is 0.133. The Hall–Kier alpha value is -1.86. The van der Waals surface area contributed by atoms with Crippen LogP contribution in [-0.2, 0) is 0 Å². The average molecular weight is 333 g/mol. The summed E-state index contributed by atoms with van der Waals surface area (Å²) in [6.07, 6.45) is 1.73. The van der Waals surface area contributed by atoms with E-state index in [2.05, 4.69) is 15.5 Å². The molecule has 0 radical (unpaired) electrons. The summed E-state index contributed by atoms with van der Waals surface area (Å²) in [5, 5.41) is 4.17. The molecule has 0 saturated carbocycles. The van der Waals surface area contributed by atoms with Crippen molar-refractivity contribution in [2.45, 2.75) is 5.37 Å². The number of aromatic nitrogens is 1. The number of carbonyl (C=O) groups is 1. The van der Waals surface area contributed by atoms with Crippen molar-refractivity contribution in [3.63, 3.8) is 0 Å². The SMILES string of the molecule is O=C(CSC1=NN[C@@H](c2ccccn2)S1)c1cccc(F)c1. The van der Waals surface area contributed by atoms with Gasteiger partial charge in [0.15, 0.2) is 10.2 Å². The minimum Gasteiger partial charge on any atom is -0.293 e. The summed E-state index contributed by atoms with van der Waals surface area (Å²) in [7, 11) is 0. The van der Waals surface area contributed by atoms with Gasteiger partial charge < -0.3 is 0 Å². The van der Waals surface area contributed by atoms with Crippen molar-refractivity contribution in [1.29, 1.82) is 0 Å². The summed E-state index contributed by atoms with van der Waals surface area (Å²) in [5.41, 5.74) is 4.26. The van der Waals surface area contributed by atoms with Gasteiger partial charge in [-0.3, -0.25) is 15.2 Å². The Morgan fingerprint density at radius 3 is 3.00 bits per heavy atom. The Kier molecular flexibility index (Phi) is 4.74. The number of pyridine rings is 1. The molecular formula is C15H12FN3OS2. The Bertz CT molecular complexity index is 709. The second-order valence-corrected chi connectivity index (χ2v) is 6.80. The topological polar surface area (TPSA) is 54.4 Å². The molecule has 2 heterocycles. The molecule has 0 fully saturated rings.